The highest BCUT2D eigenvalue weighted by Crippen LogP contribution is 2.28. The van der Waals surface area contributed by atoms with E-state index in [0.29, 0.717) is 12.5 Å². The molecular weight excluding hydrogens is 216 g/mol. The van der Waals surface area contributed by atoms with Gasteiger partial charge in [-0.2, -0.15) is 0 Å². The molecule has 4 atom stereocenters. The van der Waals surface area contributed by atoms with E-state index in [0.717, 1.165) is 6.42 Å². The van der Waals surface area contributed by atoms with Crippen molar-refractivity contribution in [1.29, 1.82) is 0 Å². The molecule has 1 saturated heterocycles. The molecule has 0 aliphatic carbocycles. The molecule has 0 aromatic heterocycles. The Morgan fingerprint density at radius 1 is 1.24 bits per heavy atom. The van der Waals surface area contributed by atoms with Crippen LogP contribution in [-0.2, 0) is 4.74 Å². The van der Waals surface area contributed by atoms with E-state index in [1.54, 1.807) is 0 Å². The Labute approximate surface area is 102 Å². The maximum Gasteiger partial charge on any atom is 0.103 e. The summed E-state index contributed by atoms with van der Waals surface area (Å²) in [5, 5.41) is 19.5. The van der Waals surface area contributed by atoms with Crippen LogP contribution in [-0.4, -0.2) is 35.6 Å². The lowest BCUT2D eigenvalue weighted by Crippen LogP contribution is -2.44. The van der Waals surface area contributed by atoms with Crippen molar-refractivity contribution in [2.45, 2.75) is 31.5 Å². The first-order valence-corrected chi connectivity index (χ1v) is 6.17. The number of hydrogen-bond donors (Lipinski definition) is 2. The molecule has 1 fully saturated rings. The average Bonchev–Trinajstić information content (AvgIpc) is 2.36. The molecule has 0 radical (unpaired) electrons. The Morgan fingerprint density at radius 2 is 1.94 bits per heavy atom. The predicted octanol–water partition coefficient (Wildman–Crippen LogP) is 1.55. The summed E-state index contributed by atoms with van der Waals surface area (Å²) in [5.41, 5.74) is 1.26. The number of hydrogen-bond acceptors (Lipinski definition) is 3. The Balaban J connectivity index is 1.96. The SMILES string of the molecule is C[C@@H](C[C@@H]1COC[C@@H](O)[C@H]1O)c1ccccc1. The molecule has 2 rings (SSSR count). The van der Waals surface area contributed by atoms with Gasteiger partial charge in [0.2, 0.25) is 0 Å². The largest absolute Gasteiger partial charge is 0.390 e. The van der Waals surface area contributed by atoms with Gasteiger partial charge in [0, 0.05) is 5.92 Å². The van der Waals surface area contributed by atoms with Crippen LogP contribution >= 0.6 is 0 Å². The molecule has 1 aromatic rings. The Bertz CT molecular complexity index is 339. The van der Waals surface area contributed by atoms with E-state index in [1.807, 2.05) is 18.2 Å². The summed E-state index contributed by atoms with van der Waals surface area (Å²) in [7, 11) is 0. The lowest BCUT2D eigenvalue weighted by Gasteiger charge is -2.33. The summed E-state index contributed by atoms with van der Waals surface area (Å²) in [6.07, 6.45) is -0.561. The van der Waals surface area contributed by atoms with Crippen molar-refractivity contribution in [3.05, 3.63) is 35.9 Å². The van der Waals surface area contributed by atoms with Crippen molar-refractivity contribution in [2.24, 2.45) is 5.92 Å². The van der Waals surface area contributed by atoms with E-state index in [4.69, 9.17) is 4.74 Å². The molecule has 0 saturated carbocycles. The molecule has 3 heteroatoms. The van der Waals surface area contributed by atoms with Crippen LogP contribution in [0.15, 0.2) is 30.3 Å². The van der Waals surface area contributed by atoms with E-state index in [-0.39, 0.29) is 12.5 Å². The van der Waals surface area contributed by atoms with Gasteiger partial charge in [0.25, 0.3) is 0 Å². The minimum Gasteiger partial charge on any atom is -0.390 e. The summed E-state index contributed by atoms with van der Waals surface area (Å²) in [6.45, 7) is 2.93. The van der Waals surface area contributed by atoms with Crippen LogP contribution in [0.25, 0.3) is 0 Å². The zero-order chi connectivity index (χ0) is 12.3. The summed E-state index contributed by atoms with van der Waals surface area (Å²) in [4.78, 5) is 0. The zero-order valence-electron chi connectivity index (χ0n) is 10.1. The van der Waals surface area contributed by atoms with E-state index >= 15 is 0 Å². The summed E-state index contributed by atoms with van der Waals surface area (Å²) in [5.74, 6) is 0.388. The molecule has 1 aliphatic rings. The number of aliphatic hydroxyl groups is 2. The van der Waals surface area contributed by atoms with Crippen LogP contribution in [0.1, 0.15) is 24.8 Å². The van der Waals surface area contributed by atoms with Crippen molar-refractivity contribution < 1.29 is 14.9 Å². The summed E-state index contributed by atoms with van der Waals surface area (Å²) < 4.78 is 5.29. The fourth-order valence-electron chi connectivity index (χ4n) is 2.43. The number of ether oxygens (including phenoxy) is 1. The fraction of sp³-hybridized carbons (Fsp3) is 0.571. The molecular formula is C14H20O3. The standard InChI is InChI=1S/C14H20O3/c1-10(11-5-3-2-4-6-11)7-12-8-17-9-13(15)14(12)16/h2-6,10,12-16H,7-9H2,1H3/t10-,12+,13+,14-/m0/s1. The van der Waals surface area contributed by atoms with E-state index in [2.05, 4.69) is 19.1 Å². The maximum atomic E-state index is 9.90. The maximum absolute atomic E-state index is 9.90. The second-order valence-corrected chi connectivity index (χ2v) is 4.90. The van der Waals surface area contributed by atoms with Crippen molar-refractivity contribution in [2.75, 3.05) is 13.2 Å². The third kappa shape index (κ3) is 3.06. The number of benzene rings is 1. The van der Waals surface area contributed by atoms with Gasteiger partial charge in [-0.1, -0.05) is 37.3 Å². The highest BCUT2D eigenvalue weighted by atomic mass is 16.5. The second-order valence-electron chi connectivity index (χ2n) is 4.90. The molecule has 1 heterocycles. The van der Waals surface area contributed by atoms with Crippen molar-refractivity contribution >= 4 is 0 Å². The van der Waals surface area contributed by atoms with E-state index in [9.17, 15) is 10.2 Å². The van der Waals surface area contributed by atoms with Crippen molar-refractivity contribution in [3.63, 3.8) is 0 Å². The molecule has 1 aromatic carbocycles. The van der Waals surface area contributed by atoms with Crippen LogP contribution in [0.3, 0.4) is 0 Å². The quantitative estimate of drug-likeness (QED) is 0.837. The first-order valence-electron chi connectivity index (χ1n) is 6.17. The van der Waals surface area contributed by atoms with Crippen LogP contribution in [0.2, 0.25) is 0 Å². The van der Waals surface area contributed by atoms with Gasteiger partial charge in [-0.3, -0.25) is 0 Å². The third-order valence-electron chi connectivity index (χ3n) is 3.52. The van der Waals surface area contributed by atoms with Crippen molar-refractivity contribution in [3.8, 4) is 0 Å². The minimum absolute atomic E-state index is 0.0222. The van der Waals surface area contributed by atoms with Gasteiger partial charge in [0.15, 0.2) is 0 Å². The molecule has 0 spiro atoms. The highest BCUT2D eigenvalue weighted by Gasteiger charge is 2.32. The summed E-state index contributed by atoms with van der Waals surface area (Å²) >= 11 is 0. The van der Waals surface area contributed by atoms with Crippen LogP contribution in [0, 0.1) is 5.92 Å². The van der Waals surface area contributed by atoms with Crippen LogP contribution in [0.5, 0.6) is 0 Å². The van der Waals surface area contributed by atoms with E-state index in [1.165, 1.54) is 5.56 Å². The normalized spacial score (nSPS) is 31.1. The smallest absolute Gasteiger partial charge is 0.103 e. The van der Waals surface area contributed by atoms with Gasteiger partial charge in [-0.05, 0) is 17.9 Å². The van der Waals surface area contributed by atoms with Crippen LogP contribution < -0.4 is 0 Å². The molecule has 1 aliphatic heterocycles. The second kappa shape index (κ2) is 5.63. The fourth-order valence-corrected chi connectivity index (χ4v) is 2.43. The molecule has 17 heavy (non-hydrogen) atoms. The Hall–Kier alpha value is -0.900. The Kier molecular flexibility index (Phi) is 4.15. The Morgan fingerprint density at radius 3 is 2.65 bits per heavy atom. The highest BCUT2D eigenvalue weighted by molar-refractivity contribution is 5.18. The number of rotatable bonds is 3. The van der Waals surface area contributed by atoms with Gasteiger partial charge >= 0.3 is 0 Å². The molecule has 0 amide bonds. The lowest BCUT2D eigenvalue weighted by atomic mass is 9.85. The first kappa shape index (κ1) is 12.6. The molecule has 3 nitrogen and oxygen atoms in total. The monoisotopic (exact) mass is 236 g/mol. The van der Waals surface area contributed by atoms with Gasteiger partial charge in [-0.15, -0.1) is 0 Å². The average molecular weight is 236 g/mol. The van der Waals surface area contributed by atoms with Gasteiger partial charge in [0.1, 0.15) is 6.10 Å². The van der Waals surface area contributed by atoms with E-state index < -0.39 is 12.2 Å². The molecule has 0 bridgehead atoms. The predicted molar refractivity (Wildman–Crippen MR) is 65.8 cm³/mol. The summed E-state index contributed by atoms with van der Waals surface area (Å²) in [6, 6.07) is 10.2. The van der Waals surface area contributed by atoms with Crippen LogP contribution in [0.4, 0.5) is 0 Å². The molecule has 2 N–H and O–H groups in total. The zero-order valence-corrected chi connectivity index (χ0v) is 10.1. The van der Waals surface area contributed by atoms with Crippen molar-refractivity contribution in [1.82, 2.24) is 0 Å². The molecule has 94 valence electrons. The minimum atomic E-state index is -0.739. The van der Waals surface area contributed by atoms with Gasteiger partial charge in [-0.25, -0.2) is 0 Å². The topological polar surface area (TPSA) is 49.7 Å². The lowest BCUT2D eigenvalue weighted by molar-refractivity contribution is -0.123. The van der Waals surface area contributed by atoms with Gasteiger partial charge < -0.3 is 14.9 Å². The first-order chi connectivity index (χ1) is 8.18. The number of aliphatic hydroxyl groups excluding tert-OH is 2. The third-order valence-corrected chi connectivity index (χ3v) is 3.52. The van der Waals surface area contributed by atoms with Gasteiger partial charge in [0.05, 0.1) is 19.3 Å². The molecule has 0 unspecified atom stereocenters.